The van der Waals surface area contributed by atoms with Crippen LogP contribution >= 0.6 is 18.1 Å². The Morgan fingerprint density at radius 3 is 2.16 bits per heavy atom. The number of rotatable bonds is 11. The van der Waals surface area contributed by atoms with Gasteiger partial charge in [0.25, 0.3) is 5.19 Å². The monoisotopic (exact) mass is 411 g/mol. The van der Waals surface area contributed by atoms with Crippen molar-refractivity contribution in [3.63, 3.8) is 0 Å². The Balaban J connectivity index is 3.09. The summed E-state index contributed by atoms with van der Waals surface area (Å²) in [6.45, 7) is 4.92. The molecule has 1 aromatic heterocycles. The maximum atomic E-state index is 12.1. The van der Waals surface area contributed by atoms with Gasteiger partial charge in [-0.25, -0.2) is 4.79 Å². The fourth-order valence-corrected chi connectivity index (χ4v) is 4.93. The molecule has 25 heavy (non-hydrogen) atoms. The van der Waals surface area contributed by atoms with E-state index in [4.69, 9.17) is 34.9 Å². The van der Waals surface area contributed by atoms with E-state index in [1.807, 2.05) is 0 Å². The molecule has 0 aliphatic rings. The van der Waals surface area contributed by atoms with Gasteiger partial charge in [-0.2, -0.15) is 4.98 Å². The number of esters is 2. The van der Waals surface area contributed by atoms with E-state index in [9.17, 15) is 9.59 Å². The maximum Gasteiger partial charge on any atom is 0.382 e. The molecule has 0 spiro atoms. The lowest BCUT2D eigenvalue weighted by Crippen LogP contribution is -2.12. The normalized spacial score (nSPS) is 11.2. The number of ether oxygens (including phenoxy) is 2. The molecule has 0 atom stereocenters. The third-order valence-corrected chi connectivity index (χ3v) is 5.98. The van der Waals surface area contributed by atoms with Crippen molar-refractivity contribution < 1.29 is 32.6 Å². The largest absolute Gasteiger partial charge is 0.466 e. The second-order valence-corrected chi connectivity index (χ2v) is 8.31. The van der Waals surface area contributed by atoms with E-state index >= 15 is 0 Å². The van der Waals surface area contributed by atoms with Crippen LogP contribution in [0.4, 0.5) is 0 Å². The minimum atomic E-state index is -3.03. The predicted molar refractivity (Wildman–Crippen MR) is 96.6 cm³/mol. The van der Waals surface area contributed by atoms with Crippen LogP contribution in [-0.2, 0) is 41.5 Å². The van der Waals surface area contributed by atoms with Crippen molar-refractivity contribution in [1.29, 1.82) is 0 Å². The molecule has 0 saturated heterocycles. The number of thiazole rings is 1. The van der Waals surface area contributed by atoms with E-state index in [0.29, 0.717) is 18.1 Å². The van der Waals surface area contributed by atoms with Gasteiger partial charge in [-0.3, -0.25) is 13.8 Å². The number of carbonyl (C=O) groups excluding carboxylic acids is 2. The highest BCUT2D eigenvalue weighted by atomic mass is 32.5. The second-order valence-electron chi connectivity index (χ2n) is 4.33. The quantitative estimate of drug-likeness (QED) is 0.402. The molecular weight excluding hydrogens is 389 g/mol. The van der Waals surface area contributed by atoms with Crippen molar-refractivity contribution in [1.82, 2.24) is 4.98 Å². The van der Waals surface area contributed by atoms with Gasteiger partial charge in [-0.1, -0.05) is 11.3 Å². The van der Waals surface area contributed by atoms with Crippen molar-refractivity contribution >= 4 is 41.8 Å². The Kier molecular flexibility index (Phi) is 9.52. The van der Waals surface area contributed by atoms with Crippen LogP contribution in [0, 0.1) is 0 Å². The highest BCUT2D eigenvalue weighted by molar-refractivity contribution is 8.07. The van der Waals surface area contributed by atoms with Gasteiger partial charge in [-0.15, -0.1) is 0 Å². The lowest BCUT2D eigenvalue weighted by molar-refractivity contribution is -0.142. The van der Waals surface area contributed by atoms with E-state index in [-0.39, 0.29) is 30.5 Å². The van der Waals surface area contributed by atoms with E-state index in [0.717, 1.165) is 11.3 Å². The zero-order valence-electron chi connectivity index (χ0n) is 14.6. The first-order chi connectivity index (χ1) is 11.9. The van der Waals surface area contributed by atoms with Gasteiger partial charge >= 0.3 is 18.7 Å². The first-order valence-corrected chi connectivity index (χ1v) is 11.2. The summed E-state index contributed by atoms with van der Waals surface area (Å²) in [6, 6.07) is 0. The molecule has 0 aliphatic heterocycles. The predicted octanol–water partition coefficient (Wildman–Crippen LogP) is 3.10. The first kappa shape index (κ1) is 22.0. The summed E-state index contributed by atoms with van der Waals surface area (Å²) in [7, 11) is 0. The zero-order valence-corrected chi connectivity index (χ0v) is 17.1. The first-order valence-electron chi connectivity index (χ1n) is 7.80. The van der Waals surface area contributed by atoms with Crippen LogP contribution in [0.5, 0.6) is 5.19 Å². The second kappa shape index (κ2) is 10.8. The number of hydrogen-bond acceptors (Lipinski definition) is 10. The summed E-state index contributed by atoms with van der Waals surface area (Å²) in [6.07, 6.45) is -0.116. The molecule has 8 nitrogen and oxygen atoms in total. The van der Waals surface area contributed by atoms with E-state index < -0.39 is 18.7 Å². The minimum absolute atomic E-state index is 0.00412. The standard InChI is InChI=1S/C14H22NO7PS2/c1-5-18-11(16)9-10-12(13(17)19-6-2)15-14(25-10)22-23(24,20-7-3)21-8-4/h5-9H2,1-4H3. The number of carbonyl (C=O) groups is 2. The van der Waals surface area contributed by atoms with Gasteiger partial charge in [0.1, 0.15) is 0 Å². The molecule has 0 aromatic carbocycles. The lowest BCUT2D eigenvalue weighted by Gasteiger charge is -2.18. The Hall–Kier alpha value is -1.06. The van der Waals surface area contributed by atoms with Crippen LogP contribution in [0.3, 0.4) is 0 Å². The molecular formula is C14H22NO7PS2. The molecule has 1 rings (SSSR count). The third kappa shape index (κ3) is 6.99. The number of aromatic nitrogens is 1. The van der Waals surface area contributed by atoms with Crippen molar-refractivity contribution in [3.05, 3.63) is 10.6 Å². The van der Waals surface area contributed by atoms with Crippen molar-refractivity contribution in [2.24, 2.45) is 0 Å². The summed E-state index contributed by atoms with van der Waals surface area (Å²) in [5.74, 6) is -1.12. The van der Waals surface area contributed by atoms with Crippen LogP contribution in [-0.4, -0.2) is 43.4 Å². The topological polar surface area (TPSA) is 93.2 Å². The van der Waals surface area contributed by atoms with Gasteiger partial charge in [0, 0.05) is 11.8 Å². The van der Waals surface area contributed by atoms with Crippen LogP contribution in [0.2, 0.25) is 0 Å². The summed E-state index contributed by atoms with van der Waals surface area (Å²) < 4.78 is 26.3. The van der Waals surface area contributed by atoms with Gasteiger partial charge in [0.15, 0.2) is 5.69 Å². The van der Waals surface area contributed by atoms with Crippen LogP contribution in [0.1, 0.15) is 43.1 Å². The smallest absolute Gasteiger partial charge is 0.382 e. The molecule has 0 unspecified atom stereocenters. The fraction of sp³-hybridized carbons (Fsp3) is 0.643. The Morgan fingerprint density at radius 1 is 1.04 bits per heavy atom. The van der Waals surface area contributed by atoms with E-state index in [1.54, 1.807) is 27.7 Å². The van der Waals surface area contributed by atoms with Gasteiger partial charge < -0.3 is 14.0 Å². The maximum absolute atomic E-state index is 12.1. The van der Waals surface area contributed by atoms with Crippen LogP contribution in [0.15, 0.2) is 0 Å². The Labute approximate surface area is 156 Å². The highest BCUT2D eigenvalue weighted by Crippen LogP contribution is 2.50. The molecule has 0 amide bonds. The number of nitrogens with zero attached hydrogens (tertiary/aromatic N) is 1. The molecule has 0 radical (unpaired) electrons. The molecule has 1 heterocycles. The van der Waals surface area contributed by atoms with Crippen molar-refractivity contribution in [2.45, 2.75) is 34.1 Å². The zero-order chi connectivity index (χ0) is 18.9. The summed E-state index contributed by atoms with van der Waals surface area (Å²) in [5, 5.41) is 0.0904. The summed E-state index contributed by atoms with van der Waals surface area (Å²) in [5.41, 5.74) is 0.00412. The molecule has 0 fully saturated rings. The number of hydrogen-bond donors (Lipinski definition) is 0. The summed E-state index contributed by atoms with van der Waals surface area (Å²) >= 11 is 6.30. The van der Waals surface area contributed by atoms with Gasteiger partial charge in [0.05, 0.1) is 37.7 Å². The Morgan fingerprint density at radius 2 is 1.64 bits per heavy atom. The van der Waals surface area contributed by atoms with Crippen molar-refractivity contribution in [2.75, 3.05) is 26.4 Å². The average molecular weight is 411 g/mol. The lowest BCUT2D eigenvalue weighted by atomic mass is 10.3. The molecule has 142 valence electrons. The Bertz CT molecular complexity index is 625. The molecule has 0 N–H and O–H groups in total. The molecule has 0 saturated carbocycles. The average Bonchev–Trinajstić information content (AvgIpc) is 2.90. The van der Waals surface area contributed by atoms with E-state index in [1.165, 1.54) is 0 Å². The van der Waals surface area contributed by atoms with Crippen LogP contribution in [0.25, 0.3) is 0 Å². The molecule has 11 heteroatoms. The summed E-state index contributed by atoms with van der Waals surface area (Å²) in [4.78, 5) is 28.3. The van der Waals surface area contributed by atoms with Gasteiger partial charge in [0.2, 0.25) is 0 Å². The third-order valence-electron chi connectivity index (χ3n) is 2.52. The minimum Gasteiger partial charge on any atom is -0.466 e. The van der Waals surface area contributed by atoms with Crippen LogP contribution < -0.4 is 4.52 Å². The van der Waals surface area contributed by atoms with Crippen molar-refractivity contribution in [3.8, 4) is 5.19 Å². The van der Waals surface area contributed by atoms with E-state index in [2.05, 4.69) is 4.98 Å². The van der Waals surface area contributed by atoms with Gasteiger partial charge in [-0.05, 0) is 27.7 Å². The molecule has 1 aromatic rings. The molecule has 0 bridgehead atoms. The fourth-order valence-electron chi connectivity index (χ4n) is 1.69. The molecule has 0 aliphatic carbocycles. The highest BCUT2D eigenvalue weighted by Gasteiger charge is 2.27. The SMILES string of the molecule is CCOC(=O)Cc1sc(OP(=S)(OCC)OCC)nc1C(=O)OCC.